The zero-order valence-corrected chi connectivity index (χ0v) is 15.0. The lowest BCUT2D eigenvalue weighted by Crippen LogP contribution is -2.14. The van der Waals surface area contributed by atoms with E-state index in [1.807, 2.05) is 36.4 Å². The molecule has 2 aromatic carbocycles. The molecule has 132 valence electrons. The summed E-state index contributed by atoms with van der Waals surface area (Å²) in [6.07, 6.45) is 3.93. The topological polar surface area (TPSA) is 66.9 Å². The average Bonchev–Trinajstić information content (AvgIpc) is 2.68. The number of carbonyl (C=O) groups is 1. The molecule has 2 N–H and O–H groups in total. The minimum absolute atomic E-state index is 0.212. The van der Waals surface area contributed by atoms with Crippen LogP contribution in [0.5, 0.6) is 0 Å². The summed E-state index contributed by atoms with van der Waals surface area (Å²) in [6, 6.07) is 15.9. The van der Waals surface area contributed by atoms with E-state index < -0.39 is 0 Å². The van der Waals surface area contributed by atoms with Gasteiger partial charge in [-0.05, 0) is 36.1 Å². The number of carbonyl (C=O) groups excluding carboxylic acids is 1. The SMILES string of the molecule is CCc1ccccc1NC(=O)c1cnc(NCc2ccccc2C)nc1. The van der Waals surface area contributed by atoms with Gasteiger partial charge in [-0.25, -0.2) is 9.97 Å². The quantitative estimate of drug-likeness (QED) is 0.701. The van der Waals surface area contributed by atoms with Gasteiger partial charge < -0.3 is 10.6 Å². The number of amides is 1. The summed E-state index contributed by atoms with van der Waals surface area (Å²) in [5, 5.41) is 6.11. The van der Waals surface area contributed by atoms with E-state index in [1.54, 1.807) is 0 Å². The van der Waals surface area contributed by atoms with Crippen LogP contribution in [0.1, 0.15) is 34.0 Å². The van der Waals surface area contributed by atoms with E-state index in [9.17, 15) is 4.79 Å². The van der Waals surface area contributed by atoms with E-state index in [-0.39, 0.29) is 5.91 Å². The lowest BCUT2D eigenvalue weighted by atomic mass is 10.1. The third kappa shape index (κ3) is 4.25. The van der Waals surface area contributed by atoms with E-state index in [2.05, 4.69) is 46.6 Å². The molecule has 0 unspecified atom stereocenters. The fourth-order valence-corrected chi connectivity index (χ4v) is 2.66. The number of hydrogen-bond acceptors (Lipinski definition) is 4. The Hall–Kier alpha value is -3.21. The van der Waals surface area contributed by atoms with E-state index in [0.29, 0.717) is 18.1 Å². The number of nitrogens with one attached hydrogen (secondary N) is 2. The van der Waals surface area contributed by atoms with Gasteiger partial charge >= 0.3 is 0 Å². The molecule has 5 nitrogen and oxygen atoms in total. The molecule has 0 saturated carbocycles. The molecule has 3 rings (SSSR count). The highest BCUT2D eigenvalue weighted by atomic mass is 16.1. The van der Waals surface area contributed by atoms with Crippen LogP contribution >= 0.6 is 0 Å². The molecule has 0 atom stereocenters. The van der Waals surface area contributed by atoms with Crippen LogP contribution in [0.25, 0.3) is 0 Å². The second-order valence-electron chi connectivity index (χ2n) is 6.04. The first-order valence-electron chi connectivity index (χ1n) is 8.67. The van der Waals surface area contributed by atoms with E-state index in [0.717, 1.165) is 17.7 Å². The summed E-state index contributed by atoms with van der Waals surface area (Å²) in [6.45, 7) is 4.77. The summed E-state index contributed by atoms with van der Waals surface area (Å²) < 4.78 is 0. The molecule has 0 aliphatic heterocycles. The van der Waals surface area contributed by atoms with Crippen LogP contribution in [-0.4, -0.2) is 15.9 Å². The molecule has 0 radical (unpaired) electrons. The van der Waals surface area contributed by atoms with Gasteiger partial charge in [0.15, 0.2) is 0 Å². The molecule has 1 heterocycles. The van der Waals surface area contributed by atoms with Crippen molar-refractivity contribution in [1.82, 2.24) is 9.97 Å². The van der Waals surface area contributed by atoms with Crippen LogP contribution in [-0.2, 0) is 13.0 Å². The molecule has 0 saturated heterocycles. The van der Waals surface area contributed by atoms with Crippen molar-refractivity contribution >= 4 is 17.5 Å². The molecule has 0 aliphatic carbocycles. The molecule has 0 aliphatic rings. The number of aromatic nitrogens is 2. The highest BCUT2D eigenvalue weighted by molar-refractivity contribution is 6.04. The Morgan fingerprint density at radius 3 is 2.31 bits per heavy atom. The number of hydrogen-bond donors (Lipinski definition) is 2. The van der Waals surface area contributed by atoms with Gasteiger partial charge in [-0.15, -0.1) is 0 Å². The van der Waals surface area contributed by atoms with Gasteiger partial charge in [0, 0.05) is 24.6 Å². The molecular formula is C21H22N4O. The Kier molecular flexibility index (Phi) is 5.59. The highest BCUT2D eigenvalue weighted by Crippen LogP contribution is 2.16. The summed E-state index contributed by atoms with van der Waals surface area (Å²) in [7, 11) is 0. The first-order chi connectivity index (χ1) is 12.7. The van der Waals surface area contributed by atoms with Gasteiger partial charge in [0.2, 0.25) is 5.95 Å². The molecule has 0 bridgehead atoms. The van der Waals surface area contributed by atoms with Crippen molar-refractivity contribution in [3.8, 4) is 0 Å². The summed E-state index contributed by atoms with van der Waals surface area (Å²) in [4.78, 5) is 20.9. The molecule has 0 fully saturated rings. The van der Waals surface area contributed by atoms with Crippen LogP contribution in [0, 0.1) is 6.92 Å². The standard InChI is InChI=1S/C21H22N4O/c1-3-16-9-6-7-11-19(16)25-20(26)18-13-23-21(24-14-18)22-12-17-10-5-4-8-15(17)2/h4-11,13-14H,3,12H2,1-2H3,(H,25,26)(H,22,23,24). The first-order valence-corrected chi connectivity index (χ1v) is 8.67. The second kappa shape index (κ2) is 8.25. The van der Waals surface area contributed by atoms with E-state index in [1.165, 1.54) is 23.5 Å². The van der Waals surface area contributed by atoms with Crippen molar-refractivity contribution in [3.63, 3.8) is 0 Å². The van der Waals surface area contributed by atoms with Gasteiger partial charge in [-0.2, -0.15) is 0 Å². The monoisotopic (exact) mass is 346 g/mol. The molecule has 0 spiro atoms. The molecule has 3 aromatic rings. The van der Waals surface area contributed by atoms with Crippen LogP contribution in [0.4, 0.5) is 11.6 Å². The van der Waals surface area contributed by atoms with Crippen LogP contribution in [0.15, 0.2) is 60.9 Å². The van der Waals surface area contributed by atoms with Crippen molar-refractivity contribution in [2.24, 2.45) is 0 Å². The molecule has 1 amide bonds. The number of aryl methyl sites for hydroxylation is 2. The van der Waals surface area contributed by atoms with Gasteiger partial charge in [-0.1, -0.05) is 49.4 Å². The zero-order chi connectivity index (χ0) is 18.4. The Bertz CT molecular complexity index is 891. The average molecular weight is 346 g/mol. The summed E-state index contributed by atoms with van der Waals surface area (Å²) in [5.41, 5.74) is 4.75. The Morgan fingerprint density at radius 2 is 1.62 bits per heavy atom. The molecule has 5 heteroatoms. The number of para-hydroxylation sites is 1. The van der Waals surface area contributed by atoms with Crippen molar-refractivity contribution < 1.29 is 4.79 Å². The van der Waals surface area contributed by atoms with Crippen LogP contribution in [0.2, 0.25) is 0 Å². The number of benzene rings is 2. The second-order valence-corrected chi connectivity index (χ2v) is 6.04. The van der Waals surface area contributed by atoms with Gasteiger partial charge in [0.25, 0.3) is 5.91 Å². The maximum Gasteiger partial charge on any atom is 0.258 e. The van der Waals surface area contributed by atoms with Gasteiger partial charge in [0.05, 0.1) is 5.56 Å². The van der Waals surface area contributed by atoms with Gasteiger partial charge in [-0.3, -0.25) is 4.79 Å². The third-order valence-electron chi connectivity index (χ3n) is 4.26. The largest absolute Gasteiger partial charge is 0.350 e. The Morgan fingerprint density at radius 1 is 0.962 bits per heavy atom. The third-order valence-corrected chi connectivity index (χ3v) is 4.26. The van der Waals surface area contributed by atoms with E-state index in [4.69, 9.17) is 0 Å². The highest BCUT2D eigenvalue weighted by Gasteiger charge is 2.09. The lowest BCUT2D eigenvalue weighted by Gasteiger charge is -2.10. The maximum absolute atomic E-state index is 12.4. The van der Waals surface area contributed by atoms with E-state index >= 15 is 0 Å². The fraction of sp³-hybridized carbons (Fsp3) is 0.190. The minimum Gasteiger partial charge on any atom is -0.350 e. The zero-order valence-electron chi connectivity index (χ0n) is 15.0. The van der Waals surface area contributed by atoms with Crippen LogP contribution < -0.4 is 10.6 Å². The molecule has 26 heavy (non-hydrogen) atoms. The number of anilines is 2. The predicted octanol–water partition coefficient (Wildman–Crippen LogP) is 4.21. The Balaban J connectivity index is 1.63. The van der Waals surface area contributed by atoms with Crippen molar-refractivity contribution in [1.29, 1.82) is 0 Å². The van der Waals surface area contributed by atoms with Crippen molar-refractivity contribution in [3.05, 3.63) is 83.2 Å². The Labute approximate surface area is 153 Å². The van der Waals surface area contributed by atoms with Crippen LogP contribution in [0.3, 0.4) is 0 Å². The van der Waals surface area contributed by atoms with Crippen molar-refractivity contribution in [2.75, 3.05) is 10.6 Å². The maximum atomic E-state index is 12.4. The predicted molar refractivity (Wildman–Crippen MR) is 104 cm³/mol. The summed E-state index contributed by atoms with van der Waals surface area (Å²) in [5.74, 6) is 0.287. The molecule has 1 aromatic heterocycles. The fourth-order valence-electron chi connectivity index (χ4n) is 2.66. The molecular weight excluding hydrogens is 324 g/mol. The number of nitrogens with zero attached hydrogens (tertiary/aromatic N) is 2. The number of rotatable bonds is 6. The minimum atomic E-state index is -0.212. The van der Waals surface area contributed by atoms with Gasteiger partial charge in [0.1, 0.15) is 0 Å². The smallest absolute Gasteiger partial charge is 0.258 e. The lowest BCUT2D eigenvalue weighted by molar-refractivity contribution is 0.102. The normalized spacial score (nSPS) is 10.4. The first kappa shape index (κ1) is 17.6. The summed E-state index contributed by atoms with van der Waals surface area (Å²) >= 11 is 0. The van der Waals surface area contributed by atoms with Crippen molar-refractivity contribution in [2.45, 2.75) is 26.8 Å².